The molecule has 2 heterocycles. The van der Waals surface area contributed by atoms with Crippen molar-refractivity contribution in [3.05, 3.63) is 17.7 Å². The second kappa shape index (κ2) is 4.62. The van der Waals surface area contributed by atoms with Crippen LogP contribution in [0, 0.1) is 0 Å². The zero-order valence-corrected chi connectivity index (χ0v) is 9.91. The van der Waals surface area contributed by atoms with E-state index < -0.39 is 10.0 Å². The maximum Gasteiger partial charge on any atom is 0.246 e. The van der Waals surface area contributed by atoms with Crippen LogP contribution in [0.3, 0.4) is 0 Å². The highest BCUT2D eigenvalue weighted by Gasteiger charge is 2.26. The first-order valence-corrected chi connectivity index (χ1v) is 6.48. The largest absolute Gasteiger partial charge is 0.379 e. The summed E-state index contributed by atoms with van der Waals surface area (Å²) in [5.74, 6) is 0. The van der Waals surface area contributed by atoms with Crippen molar-refractivity contribution in [3.63, 3.8) is 0 Å². The smallest absolute Gasteiger partial charge is 0.246 e. The molecule has 0 atom stereocenters. The molecule has 0 N–H and O–H groups in total. The van der Waals surface area contributed by atoms with E-state index in [1.165, 1.54) is 16.7 Å². The van der Waals surface area contributed by atoms with E-state index in [0.717, 1.165) is 0 Å². The Morgan fingerprint density at radius 1 is 1.25 bits per heavy atom. The van der Waals surface area contributed by atoms with Crippen molar-refractivity contribution in [1.82, 2.24) is 14.3 Å². The highest BCUT2D eigenvalue weighted by atomic mass is 35.5. The van der Waals surface area contributed by atoms with E-state index in [-0.39, 0.29) is 10.2 Å². The van der Waals surface area contributed by atoms with E-state index in [9.17, 15) is 8.42 Å². The quantitative estimate of drug-likeness (QED) is 0.711. The van der Waals surface area contributed by atoms with Crippen LogP contribution in [0.15, 0.2) is 17.3 Å². The summed E-state index contributed by atoms with van der Waals surface area (Å²) in [6.07, 6.45) is 2.42. The van der Waals surface area contributed by atoms with Gasteiger partial charge in [0.15, 0.2) is 0 Å². The highest BCUT2D eigenvalue weighted by molar-refractivity contribution is 7.89. The Morgan fingerprint density at radius 2 is 1.81 bits per heavy atom. The first kappa shape index (κ1) is 11.7. The third-order valence-electron chi connectivity index (χ3n) is 2.20. The standard InChI is InChI=1S/C8H10ClN3O3S/c9-8-10-5-7(6-11-8)16(13,14)12-1-3-15-4-2-12/h5-6H,1-4H2. The van der Waals surface area contributed by atoms with Crippen LogP contribution < -0.4 is 0 Å². The van der Waals surface area contributed by atoms with Crippen molar-refractivity contribution in [2.24, 2.45) is 0 Å². The summed E-state index contributed by atoms with van der Waals surface area (Å²) in [5, 5.41) is 0.0286. The fraction of sp³-hybridized carbons (Fsp3) is 0.500. The van der Waals surface area contributed by atoms with Crippen LogP contribution in [-0.4, -0.2) is 49.0 Å². The van der Waals surface area contributed by atoms with Gasteiger partial charge in [-0.25, -0.2) is 18.4 Å². The molecule has 6 nitrogen and oxygen atoms in total. The first-order valence-electron chi connectivity index (χ1n) is 4.66. The van der Waals surface area contributed by atoms with Crippen molar-refractivity contribution in [1.29, 1.82) is 0 Å². The van der Waals surface area contributed by atoms with Gasteiger partial charge in [-0.3, -0.25) is 0 Å². The average molecular weight is 264 g/mol. The summed E-state index contributed by atoms with van der Waals surface area (Å²) < 4.78 is 30.5. The third kappa shape index (κ3) is 2.32. The Morgan fingerprint density at radius 3 is 2.38 bits per heavy atom. The van der Waals surface area contributed by atoms with Crippen molar-refractivity contribution in [2.45, 2.75) is 4.90 Å². The maximum atomic E-state index is 12.0. The van der Waals surface area contributed by atoms with E-state index in [2.05, 4.69) is 9.97 Å². The summed E-state index contributed by atoms with van der Waals surface area (Å²) in [4.78, 5) is 7.37. The molecule has 16 heavy (non-hydrogen) atoms. The summed E-state index contributed by atoms with van der Waals surface area (Å²) in [6, 6.07) is 0. The molecule has 0 aromatic carbocycles. The maximum absolute atomic E-state index is 12.0. The first-order chi connectivity index (χ1) is 7.60. The van der Waals surface area contributed by atoms with Gasteiger partial charge >= 0.3 is 0 Å². The molecule has 0 radical (unpaired) electrons. The fourth-order valence-corrected chi connectivity index (χ4v) is 2.77. The molecule has 1 aliphatic rings. The van der Waals surface area contributed by atoms with Crippen molar-refractivity contribution in [3.8, 4) is 0 Å². The van der Waals surface area contributed by atoms with Gasteiger partial charge in [0.2, 0.25) is 15.3 Å². The van der Waals surface area contributed by atoms with Gasteiger partial charge in [-0.1, -0.05) is 0 Å². The fourth-order valence-electron chi connectivity index (χ4n) is 1.37. The molecule has 1 aromatic rings. The molecule has 0 spiro atoms. The molecular formula is C8H10ClN3O3S. The molecule has 0 aliphatic carbocycles. The number of nitrogens with zero attached hydrogens (tertiary/aromatic N) is 3. The molecule has 1 fully saturated rings. The van der Waals surface area contributed by atoms with Gasteiger partial charge in [-0.2, -0.15) is 4.31 Å². The van der Waals surface area contributed by atoms with Crippen LogP contribution in [0.25, 0.3) is 0 Å². The topological polar surface area (TPSA) is 72.4 Å². The van der Waals surface area contributed by atoms with Gasteiger partial charge < -0.3 is 4.74 Å². The van der Waals surface area contributed by atoms with Crippen molar-refractivity contribution >= 4 is 21.6 Å². The molecule has 0 amide bonds. The Bertz CT molecular complexity index is 456. The molecule has 0 saturated carbocycles. The minimum Gasteiger partial charge on any atom is -0.379 e. The monoisotopic (exact) mass is 263 g/mol. The minimum atomic E-state index is -3.51. The molecule has 2 rings (SSSR count). The zero-order valence-electron chi connectivity index (χ0n) is 8.34. The Kier molecular flexibility index (Phi) is 3.38. The molecule has 1 aliphatic heterocycles. The van der Waals surface area contributed by atoms with Crippen LogP contribution >= 0.6 is 11.6 Å². The van der Waals surface area contributed by atoms with Crippen LogP contribution in [0.2, 0.25) is 5.28 Å². The van der Waals surface area contributed by atoms with Crippen LogP contribution in [0.5, 0.6) is 0 Å². The minimum absolute atomic E-state index is 0.0286. The number of aromatic nitrogens is 2. The second-order valence-corrected chi connectivity index (χ2v) is 5.48. The predicted molar refractivity (Wildman–Crippen MR) is 56.6 cm³/mol. The number of hydrogen-bond donors (Lipinski definition) is 0. The summed E-state index contributed by atoms with van der Waals surface area (Å²) in [7, 11) is -3.51. The van der Waals surface area contributed by atoms with Gasteiger partial charge in [-0.15, -0.1) is 0 Å². The highest BCUT2D eigenvalue weighted by Crippen LogP contribution is 2.15. The Labute approximate surface area is 98.3 Å². The van der Waals surface area contributed by atoms with Crippen molar-refractivity contribution < 1.29 is 13.2 Å². The van der Waals surface area contributed by atoms with E-state index in [1.807, 2.05) is 0 Å². The Hall–Kier alpha value is -0.760. The zero-order chi connectivity index (χ0) is 11.6. The predicted octanol–water partition coefficient (Wildman–Crippen LogP) is 0.151. The van der Waals surface area contributed by atoms with Crippen LogP contribution in [-0.2, 0) is 14.8 Å². The number of hydrogen-bond acceptors (Lipinski definition) is 5. The van der Waals surface area contributed by atoms with Gasteiger partial charge in [0.25, 0.3) is 0 Å². The summed E-state index contributed by atoms with van der Waals surface area (Å²) >= 11 is 5.50. The molecule has 1 saturated heterocycles. The van der Waals surface area contributed by atoms with Crippen LogP contribution in [0.1, 0.15) is 0 Å². The lowest BCUT2D eigenvalue weighted by atomic mass is 10.5. The van der Waals surface area contributed by atoms with E-state index in [0.29, 0.717) is 26.3 Å². The van der Waals surface area contributed by atoms with Gasteiger partial charge in [-0.05, 0) is 11.6 Å². The van der Waals surface area contributed by atoms with Gasteiger partial charge in [0.05, 0.1) is 25.6 Å². The number of rotatable bonds is 2. The second-order valence-electron chi connectivity index (χ2n) is 3.20. The lowest BCUT2D eigenvalue weighted by molar-refractivity contribution is 0.0730. The number of morpholine rings is 1. The van der Waals surface area contributed by atoms with E-state index in [4.69, 9.17) is 16.3 Å². The molecule has 88 valence electrons. The lowest BCUT2D eigenvalue weighted by Crippen LogP contribution is -2.40. The third-order valence-corrected chi connectivity index (χ3v) is 4.25. The average Bonchev–Trinajstić information content (AvgIpc) is 2.31. The van der Waals surface area contributed by atoms with Gasteiger partial charge in [0.1, 0.15) is 4.90 Å². The van der Waals surface area contributed by atoms with E-state index >= 15 is 0 Å². The molecule has 1 aromatic heterocycles. The Balaban J connectivity index is 2.27. The number of ether oxygens (including phenoxy) is 1. The van der Waals surface area contributed by atoms with Gasteiger partial charge in [0, 0.05) is 13.1 Å². The molecule has 0 unspecified atom stereocenters. The number of sulfonamides is 1. The molecule has 0 bridgehead atoms. The SMILES string of the molecule is O=S(=O)(c1cnc(Cl)nc1)N1CCOCC1. The summed E-state index contributed by atoms with van der Waals surface area (Å²) in [5.41, 5.74) is 0. The lowest BCUT2D eigenvalue weighted by Gasteiger charge is -2.25. The normalized spacial score (nSPS) is 18.6. The van der Waals surface area contributed by atoms with E-state index in [1.54, 1.807) is 0 Å². The van der Waals surface area contributed by atoms with Crippen LogP contribution in [0.4, 0.5) is 0 Å². The number of halogens is 1. The summed E-state index contributed by atoms with van der Waals surface area (Å²) in [6.45, 7) is 1.53. The molecule has 8 heteroatoms. The van der Waals surface area contributed by atoms with Crippen molar-refractivity contribution in [2.75, 3.05) is 26.3 Å². The molecular weight excluding hydrogens is 254 g/mol.